The Hall–Kier alpha value is -6.44. The van der Waals surface area contributed by atoms with E-state index < -0.39 is 0 Å². The number of rotatable bonds is 8. The Morgan fingerprint density at radius 2 is 1.32 bits per heavy atom. The van der Waals surface area contributed by atoms with Crippen molar-refractivity contribution < 1.29 is 0 Å². The molecule has 10 rings (SSSR count). The summed E-state index contributed by atoms with van der Waals surface area (Å²) in [5.41, 5.74) is 14.3. The minimum Gasteiger partial charge on any atom is -0.314 e. The predicted molar refractivity (Wildman–Crippen MR) is 245 cm³/mol. The first-order valence-electron chi connectivity index (χ1n) is 20.8. The zero-order chi connectivity index (χ0) is 38.0. The molecule has 0 fully saturated rings. The van der Waals surface area contributed by atoms with E-state index in [9.17, 15) is 0 Å². The van der Waals surface area contributed by atoms with Crippen molar-refractivity contribution in [2.24, 2.45) is 11.8 Å². The zero-order valence-electron chi connectivity index (χ0n) is 32.4. The van der Waals surface area contributed by atoms with E-state index in [2.05, 4.69) is 205 Å². The van der Waals surface area contributed by atoms with Crippen molar-refractivity contribution in [2.45, 2.75) is 38.5 Å². The summed E-state index contributed by atoms with van der Waals surface area (Å²) < 4.78 is 0. The molecule has 276 valence electrons. The van der Waals surface area contributed by atoms with Gasteiger partial charge < -0.3 is 4.90 Å². The summed E-state index contributed by atoms with van der Waals surface area (Å²) in [6.07, 6.45) is 37.1. The molecule has 0 amide bonds. The summed E-state index contributed by atoms with van der Waals surface area (Å²) in [5.74, 6) is 0.730. The molecule has 4 aliphatic carbocycles. The molecule has 0 saturated heterocycles. The number of fused-ring (bicyclic) bond motifs is 5. The van der Waals surface area contributed by atoms with Crippen LogP contribution in [0.1, 0.15) is 54.4 Å². The van der Waals surface area contributed by atoms with E-state index in [1.165, 1.54) is 77.5 Å². The van der Waals surface area contributed by atoms with Crippen molar-refractivity contribution in [3.8, 4) is 11.1 Å². The number of hydrogen-bond acceptors (Lipinski definition) is 1. The highest BCUT2D eigenvalue weighted by Gasteiger charge is 2.27. The van der Waals surface area contributed by atoms with Gasteiger partial charge in [0.1, 0.15) is 0 Å². The summed E-state index contributed by atoms with van der Waals surface area (Å²) in [7, 11) is 0. The van der Waals surface area contributed by atoms with Crippen molar-refractivity contribution in [3.05, 3.63) is 221 Å². The molecule has 0 spiro atoms. The van der Waals surface area contributed by atoms with Gasteiger partial charge >= 0.3 is 0 Å². The van der Waals surface area contributed by atoms with E-state index in [0.717, 1.165) is 44.2 Å². The molecule has 6 aromatic rings. The second-order valence-electron chi connectivity index (χ2n) is 15.8. The van der Waals surface area contributed by atoms with Gasteiger partial charge in [0.15, 0.2) is 0 Å². The smallest absolute Gasteiger partial charge is 0.0459 e. The van der Waals surface area contributed by atoms with Crippen LogP contribution in [0.2, 0.25) is 0 Å². The van der Waals surface area contributed by atoms with E-state index in [4.69, 9.17) is 0 Å². The normalized spacial score (nSPS) is 18.8. The fraction of sp³-hybridized carbons (Fsp3) is 0.143. The fourth-order valence-corrected chi connectivity index (χ4v) is 9.32. The van der Waals surface area contributed by atoms with Gasteiger partial charge in [-0.05, 0) is 135 Å². The third-order valence-electron chi connectivity index (χ3n) is 12.3. The van der Waals surface area contributed by atoms with Gasteiger partial charge in [0.05, 0.1) is 0 Å². The molecule has 0 aliphatic heterocycles. The van der Waals surface area contributed by atoms with Crippen LogP contribution >= 0.6 is 0 Å². The molecule has 0 heterocycles. The highest BCUT2D eigenvalue weighted by atomic mass is 15.2. The maximum atomic E-state index is 2.50. The molecule has 0 saturated carbocycles. The quantitative estimate of drug-likeness (QED) is 0.111. The maximum Gasteiger partial charge on any atom is 0.0459 e. The Labute approximate surface area is 337 Å². The molecule has 0 radical (unpaired) electrons. The third kappa shape index (κ3) is 7.00. The predicted octanol–water partition coefficient (Wildman–Crippen LogP) is 15.2. The van der Waals surface area contributed by atoms with E-state index >= 15 is 0 Å². The third-order valence-corrected chi connectivity index (χ3v) is 12.3. The lowest BCUT2D eigenvalue weighted by Gasteiger charge is -2.35. The minimum atomic E-state index is 0.263. The van der Waals surface area contributed by atoms with Crippen LogP contribution in [-0.2, 0) is 6.42 Å². The van der Waals surface area contributed by atoms with E-state index in [1.807, 2.05) is 0 Å². The topological polar surface area (TPSA) is 3.24 Å². The Bertz CT molecular complexity index is 2710. The Kier molecular flexibility index (Phi) is 9.58. The molecule has 1 nitrogen and oxygen atoms in total. The second-order valence-corrected chi connectivity index (χ2v) is 15.8. The number of nitrogens with zero attached hydrogens (tertiary/aromatic N) is 1. The minimum absolute atomic E-state index is 0.263. The van der Waals surface area contributed by atoms with Crippen LogP contribution in [-0.4, -0.2) is 0 Å². The lowest BCUT2D eigenvalue weighted by Crippen LogP contribution is -2.25. The largest absolute Gasteiger partial charge is 0.314 e. The van der Waals surface area contributed by atoms with Gasteiger partial charge in [-0.1, -0.05) is 170 Å². The van der Waals surface area contributed by atoms with Gasteiger partial charge in [-0.15, -0.1) is 0 Å². The molecule has 2 unspecified atom stereocenters. The lowest BCUT2D eigenvalue weighted by atomic mass is 9.81. The van der Waals surface area contributed by atoms with Gasteiger partial charge in [0.25, 0.3) is 0 Å². The summed E-state index contributed by atoms with van der Waals surface area (Å²) in [4.78, 5) is 2.48. The molecule has 4 aliphatic rings. The first-order chi connectivity index (χ1) is 28.3. The average Bonchev–Trinajstić information content (AvgIpc) is 3.29. The Morgan fingerprint density at radius 1 is 0.544 bits per heavy atom. The highest BCUT2D eigenvalue weighted by molar-refractivity contribution is 6.14. The van der Waals surface area contributed by atoms with Crippen LogP contribution in [0.15, 0.2) is 199 Å². The van der Waals surface area contributed by atoms with Gasteiger partial charge in [-0.25, -0.2) is 0 Å². The standard InChI is InChI=1S/C56H47N/c1-3-12-41(13-4-1)43-26-28-46(29-27-43)52-19-9-10-21-54(52)57(51-38-34-44(35-39-51)42-14-5-2-6-15-42)50-36-23-40(24-37-50)22-25-47-17-11-18-48-32-33-49-31-30-45-16-7-8-20-53(45)56(49)55(47)48/h2-3,5-7,9-18,21-26,28-39,43,52H,1,4,8,19-20,27H2. The van der Waals surface area contributed by atoms with Crippen molar-refractivity contribution in [1.82, 2.24) is 0 Å². The maximum absolute atomic E-state index is 2.50. The molecule has 6 aromatic carbocycles. The van der Waals surface area contributed by atoms with Crippen molar-refractivity contribution >= 4 is 51.1 Å². The fourth-order valence-electron chi connectivity index (χ4n) is 9.32. The lowest BCUT2D eigenvalue weighted by molar-refractivity contribution is 0.683. The molecular weight excluding hydrogens is 687 g/mol. The molecule has 0 bridgehead atoms. The highest BCUT2D eigenvalue weighted by Crippen LogP contribution is 2.42. The van der Waals surface area contributed by atoms with E-state index in [1.54, 1.807) is 0 Å². The number of aryl methyl sites for hydroxylation is 1. The molecule has 0 aromatic heterocycles. The summed E-state index contributed by atoms with van der Waals surface area (Å²) in [6, 6.07) is 44.8. The summed E-state index contributed by atoms with van der Waals surface area (Å²) >= 11 is 0. The van der Waals surface area contributed by atoms with Gasteiger partial charge in [0.2, 0.25) is 0 Å². The molecule has 1 heteroatoms. The Morgan fingerprint density at radius 3 is 2.11 bits per heavy atom. The van der Waals surface area contributed by atoms with Crippen molar-refractivity contribution in [1.29, 1.82) is 0 Å². The van der Waals surface area contributed by atoms with Crippen LogP contribution in [0, 0.1) is 11.8 Å². The summed E-state index contributed by atoms with van der Waals surface area (Å²) in [6.45, 7) is 0. The number of benzene rings is 6. The summed E-state index contributed by atoms with van der Waals surface area (Å²) in [5, 5.41) is 5.38. The SMILES string of the molecule is C1=CCC(C2=CCC(C3=CCCC=C3)C=C2)C(N(c2ccc(C=Cc3cccc4ccc5ccc6c(c5c34)CCC=C6)cc2)c2ccc(-c3ccccc3)cc2)=C1. The number of hydrogen-bond donors (Lipinski definition) is 0. The van der Waals surface area contributed by atoms with Gasteiger partial charge in [-0.2, -0.15) is 0 Å². The van der Waals surface area contributed by atoms with Crippen LogP contribution < -0.4 is 4.90 Å². The monoisotopic (exact) mass is 733 g/mol. The zero-order valence-corrected chi connectivity index (χ0v) is 32.4. The van der Waals surface area contributed by atoms with E-state index in [0.29, 0.717) is 5.92 Å². The van der Waals surface area contributed by atoms with Crippen molar-refractivity contribution in [3.63, 3.8) is 0 Å². The van der Waals surface area contributed by atoms with Crippen LogP contribution in [0.3, 0.4) is 0 Å². The molecular formula is C56H47N. The van der Waals surface area contributed by atoms with Gasteiger partial charge in [-0.3, -0.25) is 0 Å². The second kappa shape index (κ2) is 15.6. The van der Waals surface area contributed by atoms with Crippen LogP contribution in [0.4, 0.5) is 11.4 Å². The molecule has 2 atom stereocenters. The number of anilines is 2. The first-order valence-corrected chi connectivity index (χ1v) is 20.8. The van der Waals surface area contributed by atoms with Crippen LogP contribution in [0.25, 0.3) is 50.9 Å². The molecule has 0 N–H and O–H groups in total. The number of allylic oxidation sites excluding steroid dienone is 12. The molecule has 57 heavy (non-hydrogen) atoms. The van der Waals surface area contributed by atoms with Crippen molar-refractivity contribution in [2.75, 3.05) is 4.90 Å². The first kappa shape index (κ1) is 35.0. The average molecular weight is 734 g/mol. The Balaban J connectivity index is 0.994. The van der Waals surface area contributed by atoms with E-state index in [-0.39, 0.29) is 5.92 Å². The van der Waals surface area contributed by atoms with Crippen LogP contribution in [0.5, 0.6) is 0 Å². The van der Waals surface area contributed by atoms with Gasteiger partial charge in [0, 0.05) is 28.9 Å².